The third-order valence-corrected chi connectivity index (χ3v) is 5.17. The molecule has 0 radical (unpaired) electrons. The Bertz CT molecular complexity index is 967. The number of nitrogens with zero attached hydrogens (tertiary/aromatic N) is 3. The third-order valence-electron chi connectivity index (χ3n) is 4.68. The minimum atomic E-state index is -0.735. The summed E-state index contributed by atoms with van der Waals surface area (Å²) in [6.07, 6.45) is 5.80. The Morgan fingerprint density at radius 3 is 3.00 bits per heavy atom. The van der Waals surface area contributed by atoms with Crippen LogP contribution in [0.1, 0.15) is 17.7 Å². The molecule has 1 aromatic carbocycles. The molecule has 1 aliphatic heterocycles. The number of aromatic amines is 1. The number of fused-ring (bicyclic) bond motifs is 1. The van der Waals surface area contributed by atoms with Gasteiger partial charge in [-0.3, -0.25) is 4.90 Å². The second-order valence-corrected chi connectivity index (χ2v) is 7.34. The van der Waals surface area contributed by atoms with Gasteiger partial charge in [-0.05, 0) is 42.7 Å². The number of hydrogen-bond acceptors (Lipinski definition) is 5. The number of halogens is 1. The van der Waals surface area contributed by atoms with Crippen molar-refractivity contribution >= 4 is 38.2 Å². The van der Waals surface area contributed by atoms with Gasteiger partial charge in [0.25, 0.3) is 0 Å². The Morgan fingerprint density at radius 1 is 1.35 bits per heavy atom. The van der Waals surface area contributed by atoms with Crippen LogP contribution < -0.4 is 5.32 Å². The lowest BCUT2D eigenvalue weighted by Gasteiger charge is -2.31. The largest absolute Gasteiger partial charge is 0.361 e. The molecule has 0 saturated heterocycles. The maximum Gasteiger partial charge on any atom is 0.184 e. The van der Waals surface area contributed by atoms with Crippen molar-refractivity contribution in [1.29, 1.82) is 0 Å². The van der Waals surface area contributed by atoms with Crippen LogP contribution in [0.5, 0.6) is 0 Å². The highest BCUT2D eigenvalue weighted by Gasteiger charge is 2.21. The number of hydrogen-bond donors (Lipinski definition) is 3. The topological polar surface area (TPSA) is 77.1 Å². The molecule has 0 bridgehead atoms. The summed E-state index contributed by atoms with van der Waals surface area (Å²) in [5.74, 6) is 0. The van der Waals surface area contributed by atoms with E-state index in [1.54, 1.807) is 6.33 Å². The Balaban J connectivity index is 1.50. The number of rotatable bonds is 4. The molecule has 4 rings (SSSR count). The van der Waals surface area contributed by atoms with Crippen molar-refractivity contribution in [1.82, 2.24) is 19.9 Å². The first-order valence-corrected chi connectivity index (χ1v) is 9.33. The number of aryl methyl sites for hydroxylation is 1. The van der Waals surface area contributed by atoms with Crippen LogP contribution in [0.2, 0.25) is 0 Å². The van der Waals surface area contributed by atoms with Crippen molar-refractivity contribution < 1.29 is 5.11 Å². The number of aliphatic hydroxyl groups excluding tert-OH is 1. The van der Waals surface area contributed by atoms with Crippen molar-refractivity contribution in [2.75, 3.05) is 18.4 Å². The van der Waals surface area contributed by atoms with Gasteiger partial charge in [-0.15, -0.1) is 0 Å². The van der Waals surface area contributed by atoms with Gasteiger partial charge in [0, 0.05) is 34.8 Å². The molecular weight excluding hydrogens is 394 g/mol. The molecule has 134 valence electrons. The lowest BCUT2D eigenvalue weighted by molar-refractivity contribution is 0.0342. The van der Waals surface area contributed by atoms with E-state index in [1.807, 2.05) is 35.4 Å². The number of anilines is 1. The quantitative estimate of drug-likeness (QED) is 0.570. The lowest BCUT2D eigenvalue weighted by Crippen LogP contribution is -2.43. The highest BCUT2D eigenvalue weighted by molar-refractivity contribution is 9.10. The summed E-state index contributed by atoms with van der Waals surface area (Å²) < 4.78 is 0.977. The number of aromatic nitrogens is 3. The Hall–Kier alpha value is -2.22. The zero-order valence-electron chi connectivity index (χ0n) is 14.4. The molecule has 0 amide bonds. The average Bonchev–Trinajstić information content (AvgIpc) is 3.03. The van der Waals surface area contributed by atoms with Gasteiger partial charge in [0.1, 0.15) is 12.0 Å². The summed E-state index contributed by atoms with van der Waals surface area (Å²) >= 11 is 3.44. The molecule has 0 spiro atoms. The Kier molecular flexibility index (Phi) is 4.76. The van der Waals surface area contributed by atoms with Gasteiger partial charge in [-0.1, -0.05) is 28.1 Å². The fourth-order valence-corrected chi connectivity index (χ4v) is 3.70. The van der Waals surface area contributed by atoms with E-state index >= 15 is 0 Å². The van der Waals surface area contributed by atoms with E-state index in [0.717, 1.165) is 45.4 Å². The highest BCUT2D eigenvalue weighted by Crippen LogP contribution is 2.29. The van der Waals surface area contributed by atoms with E-state index in [4.69, 9.17) is 0 Å². The molecule has 1 unspecified atom stereocenters. The average molecular weight is 414 g/mol. The monoisotopic (exact) mass is 413 g/mol. The van der Waals surface area contributed by atoms with Crippen LogP contribution in [-0.2, 0) is 0 Å². The van der Waals surface area contributed by atoms with E-state index in [2.05, 4.69) is 49.2 Å². The molecule has 2 aromatic heterocycles. The first kappa shape index (κ1) is 17.2. The smallest absolute Gasteiger partial charge is 0.184 e. The second-order valence-electron chi connectivity index (χ2n) is 6.42. The molecule has 0 saturated carbocycles. The number of aliphatic hydroxyl groups is 1. The van der Waals surface area contributed by atoms with Crippen molar-refractivity contribution in [2.24, 2.45) is 0 Å². The molecule has 1 aliphatic rings. The van der Waals surface area contributed by atoms with Crippen molar-refractivity contribution in [3.05, 3.63) is 58.6 Å². The van der Waals surface area contributed by atoms with Gasteiger partial charge in [0.05, 0.1) is 5.69 Å². The Labute approximate surface area is 160 Å². The van der Waals surface area contributed by atoms with E-state index < -0.39 is 6.35 Å². The SMILES string of the molecule is Cc1c[nH]c2ncnc(C3=CCN(C(O)Nc4cccc(Br)c4)CC3)c12. The van der Waals surface area contributed by atoms with Gasteiger partial charge < -0.3 is 15.4 Å². The molecule has 1 atom stereocenters. The summed E-state index contributed by atoms with van der Waals surface area (Å²) in [6.45, 7) is 3.47. The van der Waals surface area contributed by atoms with Gasteiger partial charge >= 0.3 is 0 Å². The van der Waals surface area contributed by atoms with Gasteiger partial charge in [-0.2, -0.15) is 0 Å². The van der Waals surface area contributed by atoms with E-state index in [9.17, 15) is 5.11 Å². The first-order chi connectivity index (χ1) is 12.6. The zero-order valence-corrected chi connectivity index (χ0v) is 16.0. The minimum Gasteiger partial charge on any atom is -0.361 e. The summed E-state index contributed by atoms with van der Waals surface area (Å²) in [5.41, 5.74) is 5.08. The Morgan fingerprint density at radius 2 is 2.23 bits per heavy atom. The van der Waals surface area contributed by atoms with Crippen LogP contribution in [0.3, 0.4) is 0 Å². The van der Waals surface area contributed by atoms with Crippen LogP contribution in [0, 0.1) is 6.92 Å². The van der Waals surface area contributed by atoms with Crippen LogP contribution in [0.25, 0.3) is 16.6 Å². The lowest BCUT2D eigenvalue weighted by atomic mass is 10.0. The summed E-state index contributed by atoms with van der Waals surface area (Å²) in [6, 6.07) is 7.78. The maximum absolute atomic E-state index is 10.5. The normalized spacial score (nSPS) is 16.5. The molecule has 0 aliphatic carbocycles. The fourth-order valence-electron chi connectivity index (χ4n) is 3.30. The molecule has 26 heavy (non-hydrogen) atoms. The second kappa shape index (κ2) is 7.19. The summed E-state index contributed by atoms with van der Waals surface area (Å²) in [7, 11) is 0. The van der Waals surface area contributed by atoms with E-state index in [1.165, 1.54) is 5.57 Å². The standard InChI is InChI=1S/C19H20BrN5O/c1-12-10-21-18-16(12)17(22-11-23-18)13-5-7-25(8-6-13)19(26)24-15-4-2-3-14(20)9-15/h2-5,9-11,19,24,26H,6-8H2,1H3,(H,21,22,23). The first-order valence-electron chi connectivity index (χ1n) is 8.54. The van der Waals surface area contributed by atoms with Crippen LogP contribution in [-0.4, -0.2) is 44.4 Å². The van der Waals surface area contributed by atoms with Crippen LogP contribution >= 0.6 is 15.9 Å². The van der Waals surface area contributed by atoms with E-state index in [-0.39, 0.29) is 0 Å². The molecule has 0 fully saturated rings. The fraction of sp³-hybridized carbons (Fsp3) is 0.263. The number of nitrogens with one attached hydrogen (secondary N) is 2. The van der Waals surface area contributed by atoms with E-state index in [0.29, 0.717) is 6.54 Å². The number of benzene rings is 1. The molecule has 3 heterocycles. The van der Waals surface area contributed by atoms with Crippen molar-refractivity contribution in [3.8, 4) is 0 Å². The third kappa shape index (κ3) is 3.38. The molecule has 7 heteroatoms. The highest BCUT2D eigenvalue weighted by atomic mass is 79.9. The van der Waals surface area contributed by atoms with Crippen LogP contribution in [0.4, 0.5) is 5.69 Å². The molecule has 3 aromatic rings. The van der Waals surface area contributed by atoms with Crippen molar-refractivity contribution in [3.63, 3.8) is 0 Å². The van der Waals surface area contributed by atoms with Crippen LogP contribution in [0.15, 0.2) is 47.3 Å². The molecule has 6 nitrogen and oxygen atoms in total. The maximum atomic E-state index is 10.5. The van der Waals surface area contributed by atoms with Gasteiger partial charge in [0.2, 0.25) is 0 Å². The minimum absolute atomic E-state index is 0.659. The zero-order chi connectivity index (χ0) is 18.1. The van der Waals surface area contributed by atoms with Gasteiger partial charge in [-0.25, -0.2) is 9.97 Å². The van der Waals surface area contributed by atoms with Gasteiger partial charge in [0.15, 0.2) is 6.35 Å². The molecule has 3 N–H and O–H groups in total. The summed E-state index contributed by atoms with van der Waals surface area (Å²) in [5, 5.41) is 14.7. The summed E-state index contributed by atoms with van der Waals surface area (Å²) in [4.78, 5) is 14.0. The van der Waals surface area contributed by atoms with Crippen molar-refractivity contribution in [2.45, 2.75) is 19.7 Å². The number of H-pyrrole nitrogens is 1. The molecular formula is C19H20BrN5O. The predicted molar refractivity (Wildman–Crippen MR) is 107 cm³/mol. The predicted octanol–water partition coefficient (Wildman–Crippen LogP) is 3.51.